The zero-order valence-electron chi connectivity index (χ0n) is 14.8. The number of amides is 1. The van der Waals surface area contributed by atoms with E-state index >= 15 is 0 Å². The van der Waals surface area contributed by atoms with Gasteiger partial charge in [-0.25, -0.2) is 4.98 Å². The van der Waals surface area contributed by atoms with Crippen molar-refractivity contribution in [3.05, 3.63) is 65.7 Å². The summed E-state index contributed by atoms with van der Waals surface area (Å²) in [5, 5.41) is 6.14. The maximum atomic E-state index is 12.4. The maximum Gasteiger partial charge on any atom is 0.293 e. The van der Waals surface area contributed by atoms with Gasteiger partial charge in [-0.05, 0) is 42.8 Å². The van der Waals surface area contributed by atoms with E-state index in [-0.39, 0.29) is 11.7 Å². The largest absolute Gasteiger partial charge is 0.494 e. The predicted molar refractivity (Wildman–Crippen MR) is 108 cm³/mol. The van der Waals surface area contributed by atoms with Crippen molar-refractivity contribution in [2.24, 2.45) is 0 Å². The minimum absolute atomic E-state index is 0.269. The molecule has 2 aromatic carbocycles. The number of fused-ring (bicyclic) bond motifs is 1. The number of benzene rings is 2. The molecule has 136 valence electrons. The van der Waals surface area contributed by atoms with Gasteiger partial charge >= 0.3 is 0 Å². The van der Waals surface area contributed by atoms with Crippen LogP contribution < -0.4 is 10.1 Å². The minimum atomic E-state index is -0.310. The lowest BCUT2D eigenvalue weighted by molar-refractivity contribution is 0.0998. The Labute approximate surface area is 160 Å². The van der Waals surface area contributed by atoms with Gasteiger partial charge in [-0.1, -0.05) is 25.1 Å². The fourth-order valence-electron chi connectivity index (χ4n) is 2.66. The molecule has 0 fully saturated rings. The highest BCUT2D eigenvalue weighted by molar-refractivity contribution is 7.14. The third-order valence-electron chi connectivity index (χ3n) is 4.00. The van der Waals surface area contributed by atoms with Crippen molar-refractivity contribution < 1.29 is 13.9 Å². The average molecular weight is 378 g/mol. The van der Waals surface area contributed by atoms with E-state index in [0.29, 0.717) is 17.3 Å². The van der Waals surface area contributed by atoms with Crippen LogP contribution in [0.25, 0.3) is 22.2 Å². The van der Waals surface area contributed by atoms with E-state index in [1.54, 1.807) is 6.07 Å². The number of para-hydroxylation sites is 1. The molecule has 1 amide bonds. The van der Waals surface area contributed by atoms with Crippen molar-refractivity contribution in [1.29, 1.82) is 0 Å². The normalized spacial score (nSPS) is 10.9. The maximum absolute atomic E-state index is 12.4. The molecule has 4 aromatic rings. The first-order chi connectivity index (χ1) is 13.2. The zero-order valence-corrected chi connectivity index (χ0v) is 15.6. The van der Waals surface area contributed by atoms with E-state index in [9.17, 15) is 4.79 Å². The Morgan fingerprint density at radius 1 is 1.19 bits per heavy atom. The summed E-state index contributed by atoms with van der Waals surface area (Å²) in [7, 11) is 0. The van der Waals surface area contributed by atoms with Gasteiger partial charge in [0.1, 0.15) is 11.3 Å². The molecule has 0 aliphatic rings. The first-order valence-electron chi connectivity index (χ1n) is 8.71. The Morgan fingerprint density at radius 3 is 2.78 bits per heavy atom. The topological polar surface area (TPSA) is 64.4 Å². The van der Waals surface area contributed by atoms with Crippen molar-refractivity contribution in [1.82, 2.24) is 4.98 Å². The quantitative estimate of drug-likeness (QED) is 0.474. The third kappa shape index (κ3) is 3.85. The van der Waals surface area contributed by atoms with Gasteiger partial charge in [-0.3, -0.25) is 10.1 Å². The molecule has 0 spiro atoms. The first-order valence-corrected chi connectivity index (χ1v) is 9.59. The van der Waals surface area contributed by atoms with Gasteiger partial charge in [0, 0.05) is 16.3 Å². The molecule has 0 atom stereocenters. The number of rotatable bonds is 6. The molecule has 0 saturated carbocycles. The lowest BCUT2D eigenvalue weighted by atomic mass is 10.2. The second-order valence-corrected chi connectivity index (χ2v) is 6.87. The monoisotopic (exact) mass is 378 g/mol. The van der Waals surface area contributed by atoms with Crippen molar-refractivity contribution in [3.63, 3.8) is 0 Å². The number of nitrogens with one attached hydrogen (secondary N) is 1. The van der Waals surface area contributed by atoms with Crippen LogP contribution in [-0.4, -0.2) is 17.5 Å². The lowest BCUT2D eigenvalue weighted by Crippen LogP contribution is -2.10. The molecule has 2 heterocycles. The number of aromatic nitrogens is 1. The number of furan rings is 1. The van der Waals surface area contributed by atoms with Crippen LogP contribution in [-0.2, 0) is 0 Å². The number of anilines is 1. The van der Waals surface area contributed by atoms with Crippen molar-refractivity contribution in [2.45, 2.75) is 13.3 Å². The Balaban J connectivity index is 1.46. The van der Waals surface area contributed by atoms with Gasteiger partial charge in [0.25, 0.3) is 5.91 Å². The predicted octanol–water partition coefficient (Wildman–Crippen LogP) is 5.60. The van der Waals surface area contributed by atoms with Crippen molar-refractivity contribution in [2.75, 3.05) is 11.9 Å². The number of thiazole rings is 1. The summed E-state index contributed by atoms with van der Waals surface area (Å²) >= 11 is 1.38. The smallest absolute Gasteiger partial charge is 0.293 e. The van der Waals surface area contributed by atoms with E-state index in [4.69, 9.17) is 9.15 Å². The number of hydrogen-bond acceptors (Lipinski definition) is 5. The van der Waals surface area contributed by atoms with Gasteiger partial charge < -0.3 is 9.15 Å². The van der Waals surface area contributed by atoms with Crippen LogP contribution in [0.3, 0.4) is 0 Å². The number of nitrogens with zero attached hydrogens (tertiary/aromatic N) is 1. The molecular formula is C21H18N2O3S. The van der Waals surface area contributed by atoms with Crippen LogP contribution in [0.4, 0.5) is 5.13 Å². The number of ether oxygens (including phenoxy) is 1. The van der Waals surface area contributed by atoms with E-state index in [1.807, 2.05) is 53.9 Å². The fraction of sp³-hybridized carbons (Fsp3) is 0.143. The molecule has 0 radical (unpaired) electrons. The summed E-state index contributed by atoms with van der Waals surface area (Å²) in [6.07, 6.45) is 0.974. The highest BCUT2D eigenvalue weighted by atomic mass is 32.1. The summed E-state index contributed by atoms with van der Waals surface area (Å²) in [5.74, 6) is 0.801. The summed E-state index contributed by atoms with van der Waals surface area (Å²) in [4.78, 5) is 16.9. The summed E-state index contributed by atoms with van der Waals surface area (Å²) in [5.41, 5.74) is 2.47. The average Bonchev–Trinajstić information content (AvgIpc) is 3.33. The van der Waals surface area contributed by atoms with Crippen LogP contribution in [0.2, 0.25) is 0 Å². The highest BCUT2D eigenvalue weighted by Crippen LogP contribution is 2.27. The van der Waals surface area contributed by atoms with E-state index < -0.39 is 0 Å². The first kappa shape index (κ1) is 17.3. The van der Waals surface area contributed by atoms with Crippen LogP contribution in [0.5, 0.6) is 5.75 Å². The van der Waals surface area contributed by atoms with Crippen LogP contribution in [0.15, 0.2) is 64.4 Å². The molecule has 5 nitrogen and oxygen atoms in total. The van der Waals surface area contributed by atoms with E-state index in [0.717, 1.165) is 28.8 Å². The molecule has 6 heteroatoms. The van der Waals surface area contributed by atoms with Gasteiger partial charge in [0.2, 0.25) is 0 Å². The molecule has 0 aliphatic heterocycles. The zero-order chi connectivity index (χ0) is 18.6. The molecule has 2 aromatic heterocycles. The van der Waals surface area contributed by atoms with E-state index in [2.05, 4.69) is 17.2 Å². The molecule has 27 heavy (non-hydrogen) atoms. The fourth-order valence-corrected chi connectivity index (χ4v) is 3.37. The third-order valence-corrected chi connectivity index (χ3v) is 4.75. The van der Waals surface area contributed by atoms with Crippen molar-refractivity contribution >= 4 is 33.3 Å². The van der Waals surface area contributed by atoms with Gasteiger partial charge in [0.05, 0.1) is 12.3 Å². The lowest BCUT2D eigenvalue weighted by Gasteiger charge is -2.04. The number of carbonyl (C=O) groups excluding carboxylic acids is 1. The standard InChI is InChI=1S/C21H18N2O3S/c1-2-11-25-16-9-7-14(8-10-16)17-13-27-21(22-17)23-20(24)19-12-15-5-3-4-6-18(15)26-19/h3-10,12-13H,2,11H2,1H3,(H,22,23,24). The Morgan fingerprint density at radius 2 is 2.00 bits per heavy atom. The summed E-state index contributed by atoms with van der Waals surface area (Å²) in [6, 6.07) is 17.0. The molecule has 0 bridgehead atoms. The van der Waals surface area contributed by atoms with Gasteiger partial charge in [-0.2, -0.15) is 0 Å². The molecule has 0 unspecified atom stereocenters. The van der Waals surface area contributed by atoms with Crippen LogP contribution in [0, 0.1) is 0 Å². The summed E-state index contributed by atoms with van der Waals surface area (Å²) in [6.45, 7) is 2.78. The molecule has 4 rings (SSSR count). The second-order valence-electron chi connectivity index (χ2n) is 6.01. The second kappa shape index (κ2) is 7.63. The van der Waals surface area contributed by atoms with E-state index in [1.165, 1.54) is 11.3 Å². The molecular weight excluding hydrogens is 360 g/mol. The molecule has 0 saturated heterocycles. The Bertz CT molecular complexity index is 1030. The van der Waals surface area contributed by atoms with Gasteiger partial charge in [0.15, 0.2) is 10.9 Å². The van der Waals surface area contributed by atoms with Crippen LogP contribution in [0.1, 0.15) is 23.9 Å². The summed E-state index contributed by atoms with van der Waals surface area (Å²) < 4.78 is 11.2. The number of hydrogen-bond donors (Lipinski definition) is 1. The highest BCUT2D eigenvalue weighted by Gasteiger charge is 2.14. The minimum Gasteiger partial charge on any atom is -0.494 e. The Hall–Kier alpha value is -3.12. The molecule has 0 aliphatic carbocycles. The Kier molecular flexibility index (Phi) is 4.89. The molecule has 1 N–H and O–H groups in total. The SMILES string of the molecule is CCCOc1ccc(-c2csc(NC(=O)c3cc4ccccc4o3)n2)cc1. The van der Waals surface area contributed by atoms with Crippen molar-refractivity contribution in [3.8, 4) is 17.0 Å². The van der Waals surface area contributed by atoms with Crippen LogP contribution >= 0.6 is 11.3 Å². The number of carbonyl (C=O) groups is 1. The van der Waals surface area contributed by atoms with Gasteiger partial charge in [-0.15, -0.1) is 11.3 Å².